The molecule has 1 aliphatic rings. The van der Waals surface area contributed by atoms with Gasteiger partial charge >= 0.3 is 12.0 Å². The molecule has 0 spiro atoms. The minimum Gasteiger partial charge on any atom is -0.479 e. The molecule has 9 heteroatoms. The van der Waals surface area contributed by atoms with Gasteiger partial charge in [0.2, 0.25) is 5.91 Å². The van der Waals surface area contributed by atoms with Crippen LogP contribution >= 0.6 is 0 Å². The molecule has 1 atom stereocenters. The zero-order chi connectivity index (χ0) is 15.0. The summed E-state index contributed by atoms with van der Waals surface area (Å²) in [5.74, 6) is -1.48. The first-order valence-electron chi connectivity index (χ1n) is 6.29. The van der Waals surface area contributed by atoms with Crippen LogP contribution < -0.4 is 10.6 Å². The van der Waals surface area contributed by atoms with Crippen LogP contribution in [0.1, 0.15) is 6.42 Å². The van der Waals surface area contributed by atoms with E-state index in [2.05, 4.69) is 10.6 Å². The predicted octanol–water partition coefficient (Wildman–Crippen LogP) is -2.02. The molecule has 0 saturated carbocycles. The maximum atomic E-state index is 11.7. The molecule has 1 saturated heterocycles. The Morgan fingerprint density at radius 3 is 2.45 bits per heavy atom. The summed E-state index contributed by atoms with van der Waals surface area (Å²) >= 11 is 0. The summed E-state index contributed by atoms with van der Waals surface area (Å²) in [6, 6.07) is -0.625. The van der Waals surface area contributed by atoms with Gasteiger partial charge in [-0.15, -0.1) is 0 Å². The third kappa shape index (κ3) is 5.85. The predicted molar refractivity (Wildman–Crippen MR) is 67.1 cm³/mol. The van der Waals surface area contributed by atoms with Gasteiger partial charge in [0.25, 0.3) is 0 Å². The van der Waals surface area contributed by atoms with Gasteiger partial charge in [0, 0.05) is 26.1 Å². The minimum absolute atomic E-state index is 0.0702. The Morgan fingerprint density at radius 2 is 1.85 bits per heavy atom. The van der Waals surface area contributed by atoms with E-state index in [9.17, 15) is 14.4 Å². The van der Waals surface area contributed by atoms with E-state index < -0.39 is 24.6 Å². The summed E-state index contributed by atoms with van der Waals surface area (Å²) in [7, 11) is 0. The number of carbonyl (C=O) groups is 3. The molecule has 0 aromatic carbocycles. The van der Waals surface area contributed by atoms with E-state index in [1.54, 1.807) is 4.90 Å². The van der Waals surface area contributed by atoms with Crippen LogP contribution in [0.3, 0.4) is 0 Å². The van der Waals surface area contributed by atoms with Crippen molar-refractivity contribution >= 4 is 17.9 Å². The fourth-order valence-corrected chi connectivity index (χ4v) is 1.59. The molecular weight excluding hydrogens is 270 g/mol. The quantitative estimate of drug-likeness (QED) is 0.447. The number of hydrogen-bond acceptors (Lipinski definition) is 5. The zero-order valence-electron chi connectivity index (χ0n) is 11.0. The van der Waals surface area contributed by atoms with Crippen molar-refractivity contribution in [2.45, 2.75) is 12.5 Å². The Morgan fingerprint density at radius 1 is 1.20 bits per heavy atom. The monoisotopic (exact) mass is 289 g/mol. The Hall–Kier alpha value is -1.87. The van der Waals surface area contributed by atoms with E-state index in [1.807, 2.05) is 0 Å². The van der Waals surface area contributed by atoms with Gasteiger partial charge in [0.15, 0.2) is 6.10 Å². The van der Waals surface area contributed by atoms with Gasteiger partial charge < -0.3 is 30.5 Å². The first-order valence-corrected chi connectivity index (χ1v) is 6.29. The number of nitrogens with zero attached hydrogens (tertiary/aromatic N) is 1. The number of aliphatic carboxylic acids is 1. The molecule has 9 nitrogen and oxygen atoms in total. The summed E-state index contributed by atoms with van der Waals surface area (Å²) in [5, 5.41) is 22.0. The smallest absolute Gasteiger partial charge is 0.334 e. The summed E-state index contributed by atoms with van der Waals surface area (Å²) in [4.78, 5) is 34.9. The minimum atomic E-state index is -1.64. The van der Waals surface area contributed by atoms with Crippen molar-refractivity contribution in [1.29, 1.82) is 0 Å². The molecule has 0 aliphatic carbocycles. The van der Waals surface area contributed by atoms with E-state index in [1.165, 1.54) is 0 Å². The van der Waals surface area contributed by atoms with E-state index >= 15 is 0 Å². The average Bonchev–Trinajstić information content (AvgIpc) is 2.45. The van der Waals surface area contributed by atoms with Gasteiger partial charge in [-0.05, 0) is 0 Å². The highest BCUT2D eigenvalue weighted by molar-refractivity contribution is 5.79. The van der Waals surface area contributed by atoms with Crippen molar-refractivity contribution in [2.75, 3.05) is 39.4 Å². The lowest BCUT2D eigenvalue weighted by atomic mass is 10.3. The Balaban J connectivity index is 2.12. The lowest BCUT2D eigenvalue weighted by Crippen LogP contribution is -2.44. The lowest BCUT2D eigenvalue weighted by Gasteiger charge is -2.26. The van der Waals surface area contributed by atoms with Crippen molar-refractivity contribution in [1.82, 2.24) is 15.5 Å². The second-order valence-corrected chi connectivity index (χ2v) is 4.23. The van der Waals surface area contributed by atoms with Crippen LogP contribution in [0.15, 0.2) is 0 Å². The Labute approximate surface area is 115 Å². The van der Waals surface area contributed by atoms with Crippen molar-refractivity contribution in [2.24, 2.45) is 0 Å². The topological polar surface area (TPSA) is 128 Å². The molecule has 4 N–H and O–H groups in total. The number of aliphatic hydroxyl groups excluding tert-OH is 1. The molecule has 114 valence electrons. The highest BCUT2D eigenvalue weighted by Crippen LogP contribution is 1.99. The van der Waals surface area contributed by atoms with E-state index in [-0.39, 0.29) is 18.9 Å². The Bertz CT molecular complexity index is 356. The highest BCUT2D eigenvalue weighted by Gasteiger charge is 2.17. The molecule has 20 heavy (non-hydrogen) atoms. The number of hydrogen-bond donors (Lipinski definition) is 4. The molecule has 1 heterocycles. The molecule has 3 amide bonds. The lowest BCUT2D eigenvalue weighted by molar-refractivity contribution is -0.146. The average molecular weight is 289 g/mol. The fourth-order valence-electron chi connectivity index (χ4n) is 1.59. The largest absolute Gasteiger partial charge is 0.479 e. The molecule has 1 fully saturated rings. The molecular formula is C11H19N3O6. The van der Waals surface area contributed by atoms with E-state index in [0.717, 1.165) is 0 Å². The van der Waals surface area contributed by atoms with Crippen LogP contribution in [0, 0.1) is 0 Å². The van der Waals surface area contributed by atoms with E-state index in [0.29, 0.717) is 26.3 Å². The van der Waals surface area contributed by atoms with Gasteiger partial charge in [-0.3, -0.25) is 4.79 Å². The highest BCUT2D eigenvalue weighted by atomic mass is 16.5. The molecule has 1 aliphatic heterocycles. The molecule has 1 rings (SSSR count). The number of carboxylic acid groups (broad SMARTS) is 1. The molecule has 0 radical (unpaired) electrons. The van der Waals surface area contributed by atoms with Crippen molar-refractivity contribution in [3.05, 3.63) is 0 Å². The standard InChI is InChI=1S/C11H19N3O6/c15-8(10(17)18)7-13-11(19)12-2-1-9(16)14-3-5-20-6-4-14/h8,15H,1-7H2,(H,17,18)(H2,12,13,19). The van der Waals surface area contributed by atoms with Crippen LogP contribution in [0.2, 0.25) is 0 Å². The van der Waals surface area contributed by atoms with Gasteiger partial charge in [-0.2, -0.15) is 0 Å². The van der Waals surface area contributed by atoms with Crippen molar-refractivity contribution in [3.63, 3.8) is 0 Å². The summed E-state index contributed by atoms with van der Waals surface area (Å²) in [5.41, 5.74) is 0. The van der Waals surface area contributed by atoms with Crippen LogP contribution in [-0.4, -0.2) is 78.5 Å². The van der Waals surface area contributed by atoms with Gasteiger partial charge in [0.1, 0.15) is 0 Å². The van der Waals surface area contributed by atoms with Gasteiger partial charge in [0.05, 0.1) is 19.8 Å². The summed E-state index contributed by atoms with van der Waals surface area (Å²) in [6.07, 6.45) is -1.48. The van der Waals surface area contributed by atoms with Crippen LogP contribution in [0.4, 0.5) is 4.79 Å². The number of carboxylic acids is 1. The Kier molecular flexibility index (Phi) is 6.74. The van der Waals surface area contributed by atoms with Gasteiger partial charge in [-0.1, -0.05) is 0 Å². The number of amides is 3. The third-order valence-electron chi connectivity index (χ3n) is 2.73. The number of aliphatic hydroxyl groups is 1. The molecule has 0 aromatic heterocycles. The van der Waals surface area contributed by atoms with Gasteiger partial charge in [-0.25, -0.2) is 9.59 Å². The number of morpholine rings is 1. The summed E-state index contributed by atoms with van der Waals surface area (Å²) < 4.78 is 5.12. The maximum absolute atomic E-state index is 11.7. The number of rotatable bonds is 6. The van der Waals surface area contributed by atoms with E-state index in [4.69, 9.17) is 14.9 Å². The summed E-state index contributed by atoms with van der Waals surface area (Å²) in [6.45, 7) is 1.90. The number of carbonyl (C=O) groups excluding carboxylic acids is 2. The molecule has 1 unspecified atom stereocenters. The molecule has 0 bridgehead atoms. The first-order chi connectivity index (χ1) is 9.50. The van der Waals surface area contributed by atoms with Crippen LogP contribution in [0.5, 0.6) is 0 Å². The molecule has 0 aromatic rings. The zero-order valence-corrected chi connectivity index (χ0v) is 11.0. The third-order valence-corrected chi connectivity index (χ3v) is 2.73. The normalized spacial score (nSPS) is 16.4. The van der Waals surface area contributed by atoms with Crippen molar-refractivity contribution in [3.8, 4) is 0 Å². The number of ether oxygens (including phenoxy) is 1. The SMILES string of the molecule is O=C(NCCC(=O)N1CCOCC1)NCC(O)C(=O)O. The second kappa shape index (κ2) is 8.33. The number of nitrogens with one attached hydrogen (secondary N) is 2. The first kappa shape index (κ1) is 16.2. The number of urea groups is 1. The van der Waals surface area contributed by atoms with Crippen molar-refractivity contribution < 1.29 is 29.3 Å². The van der Waals surface area contributed by atoms with Crippen LogP contribution in [-0.2, 0) is 14.3 Å². The fraction of sp³-hybridized carbons (Fsp3) is 0.727. The second-order valence-electron chi connectivity index (χ2n) is 4.23. The van der Waals surface area contributed by atoms with Crippen LogP contribution in [0.25, 0.3) is 0 Å². The maximum Gasteiger partial charge on any atom is 0.334 e.